The molecule has 10 heteroatoms. The van der Waals surface area contributed by atoms with Gasteiger partial charge < -0.3 is 24.5 Å². The van der Waals surface area contributed by atoms with Crippen molar-refractivity contribution in [2.75, 3.05) is 38.2 Å². The standard InChI is InChI=1S/C20H21N3O6S/c1-27-16-3-2-4-17(13-16)30(25,26)23-9-7-22(8-10-23)15-5-6-18-14(11-15)12-19(28-18)29-20(21)24/h2-6,11-13H,7-10H2,1H3,(H2,21,24). The van der Waals surface area contributed by atoms with E-state index in [0.717, 1.165) is 11.1 Å². The van der Waals surface area contributed by atoms with Crippen molar-refractivity contribution in [3.8, 4) is 11.7 Å². The summed E-state index contributed by atoms with van der Waals surface area (Å²) in [7, 11) is -2.09. The smallest absolute Gasteiger partial charge is 0.412 e. The summed E-state index contributed by atoms with van der Waals surface area (Å²) in [5.41, 5.74) is 6.50. The molecule has 2 aromatic carbocycles. The van der Waals surface area contributed by atoms with Crippen molar-refractivity contribution in [3.05, 3.63) is 48.5 Å². The van der Waals surface area contributed by atoms with Gasteiger partial charge in [0.05, 0.1) is 12.0 Å². The van der Waals surface area contributed by atoms with Crippen molar-refractivity contribution in [3.63, 3.8) is 0 Å². The Morgan fingerprint density at radius 2 is 1.83 bits per heavy atom. The van der Waals surface area contributed by atoms with E-state index in [0.29, 0.717) is 37.5 Å². The Kier molecular flexibility index (Phi) is 5.27. The number of ether oxygens (including phenoxy) is 2. The van der Waals surface area contributed by atoms with Gasteiger partial charge in [-0.25, -0.2) is 13.2 Å². The molecule has 0 aliphatic carbocycles. The predicted octanol–water partition coefficient (Wildman–Crippen LogP) is 2.41. The molecule has 0 radical (unpaired) electrons. The Bertz CT molecular complexity index is 1180. The van der Waals surface area contributed by atoms with Crippen LogP contribution in [0.5, 0.6) is 11.7 Å². The number of carbonyl (C=O) groups is 1. The van der Waals surface area contributed by atoms with Crippen LogP contribution in [0.15, 0.2) is 57.8 Å². The fourth-order valence-electron chi connectivity index (χ4n) is 3.45. The van der Waals surface area contributed by atoms with Gasteiger partial charge in [0.1, 0.15) is 11.3 Å². The molecule has 1 fully saturated rings. The largest absolute Gasteiger partial charge is 0.497 e. The molecule has 1 aromatic heterocycles. The number of hydrogen-bond acceptors (Lipinski definition) is 7. The molecule has 0 saturated carbocycles. The molecule has 1 amide bonds. The summed E-state index contributed by atoms with van der Waals surface area (Å²) in [6.07, 6.45) is -0.942. The highest BCUT2D eigenvalue weighted by Crippen LogP contribution is 2.30. The molecule has 0 spiro atoms. The second-order valence-electron chi connectivity index (χ2n) is 6.78. The molecule has 0 bridgehead atoms. The first-order valence-electron chi connectivity index (χ1n) is 9.27. The van der Waals surface area contributed by atoms with E-state index in [1.54, 1.807) is 30.3 Å². The zero-order chi connectivity index (χ0) is 21.3. The highest BCUT2D eigenvalue weighted by molar-refractivity contribution is 7.89. The molecule has 9 nitrogen and oxygen atoms in total. The van der Waals surface area contributed by atoms with E-state index in [9.17, 15) is 13.2 Å². The first-order chi connectivity index (χ1) is 14.4. The van der Waals surface area contributed by atoms with Gasteiger partial charge in [-0.05, 0) is 30.3 Å². The van der Waals surface area contributed by atoms with Crippen molar-refractivity contribution < 1.29 is 27.1 Å². The SMILES string of the molecule is COc1cccc(S(=O)(=O)N2CCN(c3ccc4oc(OC(N)=O)cc4c3)CC2)c1. The van der Waals surface area contributed by atoms with Crippen LogP contribution in [0.25, 0.3) is 11.0 Å². The first kappa shape index (κ1) is 20.0. The molecule has 2 N–H and O–H groups in total. The Labute approximate surface area is 173 Å². The Hall–Kier alpha value is -3.24. The number of hydrogen-bond donors (Lipinski definition) is 1. The van der Waals surface area contributed by atoms with E-state index >= 15 is 0 Å². The number of nitrogens with zero attached hydrogens (tertiary/aromatic N) is 2. The quantitative estimate of drug-likeness (QED) is 0.659. The highest BCUT2D eigenvalue weighted by atomic mass is 32.2. The van der Waals surface area contributed by atoms with Crippen molar-refractivity contribution in [2.24, 2.45) is 5.73 Å². The monoisotopic (exact) mass is 431 g/mol. The van der Waals surface area contributed by atoms with Gasteiger partial charge in [-0.15, -0.1) is 0 Å². The molecular weight excluding hydrogens is 410 g/mol. The van der Waals surface area contributed by atoms with Crippen LogP contribution in [-0.4, -0.2) is 52.1 Å². The number of methoxy groups -OCH3 is 1. The highest BCUT2D eigenvalue weighted by Gasteiger charge is 2.29. The second kappa shape index (κ2) is 7.88. The van der Waals surface area contributed by atoms with E-state index in [2.05, 4.69) is 4.90 Å². The molecule has 1 aliphatic rings. The number of primary amides is 1. The van der Waals surface area contributed by atoms with E-state index in [1.165, 1.54) is 17.5 Å². The van der Waals surface area contributed by atoms with Gasteiger partial charge in [0.25, 0.3) is 5.95 Å². The lowest BCUT2D eigenvalue weighted by Crippen LogP contribution is -2.48. The van der Waals surface area contributed by atoms with Crippen LogP contribution in [0.1, 0.15) is 0 Å². The summed E-state index contributed by atoms with van der Waals surface area (Å²) in [5.74, 6) is 0.534. The summed E-state index contributed by atoms with van der Waals surface area (Å²) in [6.45, 7) is 1.80. The zero-order valence-electron chi connectivity index (χ0n) is 16.3. The van der Waals surface area contributed by atoms with Gasteiger partial charge in [0.15, 0.2) is 0 Å². The minimum atomic E-state index is -3.59. The van der Waals surface area contributed by atoms with E-state index in [4.69, 9.17) is 19.6 Å². The van der Waals surface area contributed by atoms with Crippen LogP contribution in [0.4, 0.5) is 10.5 Å². The first-order valence-corrected chi connectivity index (χ1v) is 10.7. The van der Waals surface area contributed by atoms with Crippen LogP contribution in [0.3, 0.4) is 0 Å². The molecule has 158 valence electrons. The van der Waals surface area contributed by atoms with Crippen LogP contribution >= 0.6 is 0 Å². The lowest BCUT2D eigenvalue weighted by molar-refractivity contribution is 0.199. The van der Waals surface area contributed by atoms with Gasteiger partial charge in [0, 0.05) is 49.4 Å². The lowest BCUT2D eigenvalue weighted by Gasteiger charge is -2.35. The maximum atomic E-state index is 13.0. The molecule has 1 saturated heterocycles. The molecule has 1 aliphatic heterocycles. The van der Waals surface area contributed by atoms with Gasteiger partial charge in [0.2, 0.25) is 10.0 Å². The molecule has 2 heterocycles. The minimum Gasteiger partial charge on any atom is -0.497 e. The summed E-state index contributed by atoms with van der Waals surface area (Å²) in [5, 5.41) is 0.759. The fourth-order valence-corrected chi connectivity index (χ4v) is 4.91. The predicted molar refractivity (Wildman–Crippen MR) is 110 cm³/mol. The van der Waals surface area contributed by atoms with Crippen molar-refractivity contribution in [2.45, 2.75) is 4.90 Å². The molecule has 3 aromatic rings. The van der Waals surface area contributed by atoms with Gasteiger partial charge in [-0.2, -0.15) is 4.31 Å². The van der Waals surface area contributed by atoms with Gasteiger partial charge in [-0.3, -0.25) is 0 Å². The minimum absolute atomic E-state index is 0.0313. The van der Waals surface area contributed by atoms with Crippen molar-refractivity contribution >= 4 is 32.8 Å². The molecule has 0 atom stereocenters. The van der Waals surface area contributed by atoms with E-state index in [1.807, 2.05) is 12.1 Å². The third-order valence-electron chi connectivity index (χ3n) is 4.96. The van der Waals surface area contributed by atoms with Crippen molar-refractivity contribution in [1.29, 1.82) is 0 Å². The lowest BCUT2D eigenvalue weighted by atomic mass is 10.2. The van der Waals surface area contributed by atoms with Crippen LogP contribution < -0.4 is 20.1 Å². The third-order valence-corrected chi connectivity index (χ3v) is 6.86. The number of fused-ring (bicyclic) bond motifs is 1. The molecule has 30 heavy (non-hydrogen) atoms. The average Bonchev–Trinajstić information content (AvgIpc) is 3.14. The van der Waals surface area contributed by atoms with Crippen molar-refractivity contribution in [1.82, 2.24) is 4.31 Å². The molecule has 0 unspecified atom stereocenters. The summed E-state index contributed by atoms with van der Waals surface area (Å²) >= 11 is 0. The Morgan fingerprint density at radius 3 is 2.53 bits per heavy atom. The number of anilines is 1. The van der Waals surface area contributed by atoms with Gasteiger partial charge >= 0.3 is 6.09 Å². The molecule has 4 rings (SSSR count). The average molecular weight is 431 g/mol. The number of sulfonamides is 1. The normalized spacial score (nSPS) is 15.3. The summed E-state index contributed by atoms with van der Waals surface area (Å²) < 4.78 is 42.7. The van der Waals surface area contributed by atoms with Gasteiger partial charge in [-0.1, -0.05) is 6.07 Å². The van der Waals surface area contributed by atoms with Crippen LogP contribution in [0, 0.1) is 0 Å². The fraction of sp³-hybridized carbons (Fsp3) is 0.250. The Morgan fingerprint density at radius 1 is 1.07 bits per heavy atom. The topological polar surface area (TPSA) is 115 Å². The second-order valence-corrected chi connectivity index (χ2v) is 8.72. The maximum absolute atomic E-state index is 13.0. The third kappa shape index (κ3) is 3.91. The Balaban J connectivity index is 1.48. The number of piperazine rings is 1. The van der Waals surface area contributed by atoms with E-state index < -0.39 is 16.1 Å². The maximum Gasteiger partial charge on any atom is 0.412 e. The molecular formula is C20H21N3O6S. The van der Waals surface area contributed by atoms with Crippen LogP contribution in [0.2, 0.25) is 0 Å². The zero-order valence-corrected chi connectivity index (χ0v) is 17.1. The number of amides is 1. The number of rotatable bonds is 5. The van der Waals surface area contributed by atoms with Crippen LogP contribution in [-0.2, 0) is 10.0 Å². The number of carbonyl (C=O) groups excluding carboxylic acids is 1. The van der Waals surface area contributed by atoms with E-state index in [-0.39, 0.29) is 10.8 Å². The summed E-state index contributed by atoms with van der Waals surface area (Å²) in [4.78, 5) is 13.2. The number of nitrogens with two attached hydrogens (primary N) is 1. The summed E-state index contributed by atoms with van der Waals surface area (Å²) in [6, 6.07) is 13.6. The number of benzene rings is 2. The number of furan rings is 1.